The van der Waals surface area contributed by atoms with Crippen molar-refractivity contribution in [1.29, 1.82) is 0 Å². The number of nitrogens with zero attached hydrogens (tertiary/aromatic N) is 2. The number of halogens is 3. The fourth-order valence-electron chi connectivity index (χ4n) is 2.94. The Labute approximate surface area is 183 Å². The summed E-state index contributed by atoms with van der Waals surface area (Å²) >= 11 is 0. The quantitative estimate of drug-likeness (QED) is 0.348. The number of hydrogen-bond donors (Lipinski definition) is 4. The smallest absolute Gasteiger partial charge is 0.406 e. The summed E-state index contributed by atoms with van der Waals surface area (Å²) < 4.78 is 40.8. The fourth-order valence-corrected chi connectivity index (χ4v) is 2.94. The number of H-pyrrole nitrogens is 1. The maximum atomic E-state index is 12.3. The van der Waals surface area contributed by atoms with Gasteiger partial charge in [-0.1, -0.05) is 6.07 Å². The van der Waals surface area contributed by atoms with Gasteiger partial charge in [0.1, 0.15) is 28.9 Å². The molecule has 33 heavy (non-hydrogen) atoms. The molecule has 4 N–H and O–H groups in total. The fraction of sp³-hybridized carbons (Fsp3) is 0.0476. The number of aromatic nitrogens is 3. The van der Waals surface area contributed by atoms with E-state index in [1.807, 2.05) is 0 Å². The Bertz CT molecular complexity index is 1350. The van der Waals surface area contributed by atoms with Gasteiger partial charge in [-0.3, -0.25) is 4.79 Å². The number of alkyl halides is 3. The molecule has 2 heterocycles. The Morgan fingerprint density at radius 2 is 1.67 bits per heavy atom. The highest BCUT2D eigenvalue weighted by atomic mass is 19.4. The van der Waals surface area contributed by atoms with Gasteiger partial charge in [0, 0.05) is 35.4 Å². The van der Waals surface area contributed by atoms with Crippen LogP contribution >= 0.6 is 0 Å². The summed E-state index contributed by atoms with van der Waals surface area (Å²) in [4.78, 5) is 35.3. The third-order valence-electron chi connectivity index (χ3n) is 4.28. The molecule has 0 aliphatic heterocycles. The number of pyridine rings is 1. The number of carbonyl (C=O) groups excluding carboxylic acids is 1. The van der Waals surface area contributed by atoms with E-state index < -0.39 is 18.1 Å². The molecule has 0 saturated heterocycles. The average Bonchev–Trinajstić information content (AvgIpc) is 2.74. The molecule has 0 bridgehead atoms. The molecule has 2 aromatic heterocycles. The van der Waals surface area contributed by atoms with E-state index in [1.54, 1.807) is 24.3 Å². The molecule has 0 aliphatic rings. The van der Waals surface area contributed by atoms with Crippen LogP contribution in [0.5, 0.6) is 5.75 Å². The SMILES string of the molecule is O=C(Nc1ccc(Nc2ncnc3[nH]ccc(=O)c23)cc1)Nc1cccc(OC(F)(F)F)c1. The van der Waals surface area contributed by atoms with Gasteiger partial charge in [-0.25, -0.2) is 14.8 Å². The Kier molecular flexibility index (Phi) is 5.81. The molecule has 12 heteroatoms. The maximum Gasteiger partial charge on any atom is 0.573 e. The molecule has 2 amide bonds. The number of anilines is 4. The summed E-state index contributed by atoms with van der Waals surface area (Å²) in [6.07, 6.45) is -2.02. The number of benzene rings is 2. The molecule has 0 atom stereocenters. The van der Waals surface area contributed by atoms with Crippen molar-refractivity contribution in [2.75, 3.05) is 16.0 Å². The molecule has 4 rings (SSSR count). The number of urea groups is 1. The molecular weight excluding hydrogens is 441 g/mol. The van der Waals surface area contributed by atoms with Crippen LogP contribution in [0.25, 0.3) is 11.0 Å². The van der Waals surface area contributed by atoms with E-state index in [0.717, 1.165) is 12.1 Å². The van der Waals surface area contributed by atoms with E-state index in [-0.39, 0.29) is 11.1 Å². The zero-order valence-corrected chi connectivity index (χ0v) is 16.6. The number of fused-ring (bicyclic) bond motifs is 1. The van der Waals surface area contributed by atoms with Gasteiger partial charge >= 0.3 is 12.4 Å². The molecule has 4 aromatic rings. The summed E-state index contributed by atoms with van der Waals surface area (Å²) in [5.41, 5.74) is 1.28. The second-order valence-corrected chi connectivity index (χ2v) is 6.64. The Hall–Kier alpha value is -4.61. The molecule has 2 aromatic carbocycles. The van der Waals surface area contributed by atoms with E-state index in [2.05, 4.69) is 35.6 Å². The van der Waals surface area contributed by atoms with Crippen molar-refractivity contribution in [1.82, 2.24) is 15.0 Å². The number of rotatable bonds is 5. The van der Waals surface area contributed by atoms with Gasteiger partial charge in [0.15, 0.2) is 5.43 Å². The second kappa shape index (κ2) is 8.86. The summed E-state index contributed by atoms with van der Waals surface area (Å²) in [6.45, 7) is 0. The van der Waals surface area contributed by atoms with Crippen LogP contribution in [0.1, 0.15) is 0 Å². The van der Waals surface area contributed by atoms with Crippen molar-refractivity contribution in [3.05, 3.63) is 77.3 Å². The lowest BCUT2D eigenvalue weighted by molar-refractivity contribution is -0.274. The number of aromatic amines is 1. The molecule has 0 fully saturated rings. The second-order valence-electron chi connectivity index (χ2n) is 6.64. The molecule has 168 valence electrons. The highest BCUT2D eigenvalue weighted by molar-refractivity contribution is 6.00. The summed E-state index contributed by atoms with van der Waals surface area (Å²) in [5.74, 6) is -0.131. The third kappa shape index (κ3) is 5.55. The lowest BCUT2D eigenvalue weighted by Crippen LogP contribution is -2.20. The molecule has 0 radical (unpaired) electrons. The maximum absolute atomic E-state index is 12.3. The van der Waals surface area contributed by atoms with Crippen LogP contribution in [-0.4, -0.2) is 27.3 Å². The first kappa shape index (κ1) is 21.6. The van der Waals surface area contributed by atoms with Crippen molar-refractivity contribution in [3.63, 3.8) is 0 Å². The molecule has 9 nitrogen and oxygen atoms in total. The molecule has 0 spiro atoms. The Morgan fingerprint density at radius 3 is 2.42 bits per heavy atom. The predicted molar refractivity (Wildman–Crippen MR) is 116 cm³/mol. The van der Waals surface area contributed by atoms with Gasteiger partial charge in [0.05, 0.1) is 0 Å². The largest absolute Gasteiger partial charge is 0.573 e. The molecule has 0 aliphatic carbocycles. The minimum absolute atomic E-state index is 0.119. The van der Waals surface area contributed by atoms with Crippen molar-refractivity contribution in [3.8, 4) is 5.75 Å². The number of nitrogens with one attached hydrogen (secondary N) is 4. The van der Waals surface area contributed by atoms with Gasteiger partial charge in [0.2, 0.25) is 0 Å². The van der Waals surface area contributed by atoms with Crippen LogP contribution in [0, 0.1) is 0 Å². The Morgan fingerprint density at radius 1 is 0.939 bits per heavy atom. The summed E-state index contributed by atoms with van der Waals surface area (Å²) in [7, 11) is 0. The molecule has 0 saturated carbocycles. The number of carbonyl (C=O) groups is 1. The zero-order chi connectivity index (χ0) is 23.4. The van der Waals surface area contributed by atoms with Gasteiger partial charge in [-0.15, -0.1) is 13.2 Å². The van der Waals surface area contributed by atoms with Crippen LogP contribution in [0.2, 0.25) is 0 Å². The normalized spacial score (nSPS) is 11.1. The van der Waals surface area contributed by atoms with E-state index in [1.165, 1.54) is 30.7 Å². The van der Waals surface area contributed by atoms with E-state index >= 15 is 0 Å². The van der Waals surface area contributed by atoms with E-state index in [0.29, 0.717) is 28.2 Å². The summed E-state index contributed by atoms with van der Waals surface area (Å²) in [5, 5.41) is 8.33. The average molecular weight is 456 g/mol. The van der Waals surface area contributed by atoms with Crippen molar-refractivity contribution >= 4 is 39.9 Å². The third-order valence-corrected chi connectivity index (χ3v) is 4.28. The standard InChI is InChI=1S/C21H15F3N6O3/c22-21(23,24)33-15-3-1-2-14(10-15)30-20(32)29-13-6-4-12(5-7-13)28-19-17-16(31)8-9-25-18(17)26-11-27-19/h1-11H,(H2,29,30,32)(H2,25,26,27,28,31). The van der Waals surface area contributed by atoms with Crippen LogP contribution in [0.3, 0.4) is 0 Å². The molecular formula is C21H15F3N6O3. The highest BCUT2D eigenvalue weighted by Crippen LogP contribution is 2.25. The first-order valence-corrected chi connectivity index (χ1v) is 9.40. The van der Waals surface area contributed by atoms with Gasteiger partial charge in [0.25, 0.3) is 0 Å². The van der Waals surface area contributed by atoms with Crippen molar-refractivity contribution < 1.29 is 22.7 Å². The van der Waals surface area contributed by atoms with Gasteiger partial charge < -0.3 is 25.7 Å². The number of amides is 2. The first-order valence-electron chi connectivity index (χ1n) is 9.40. The highest BCUT2D eigenvalue weighted by Gasteiger charge is 2.31. The van der Waals surface area contributed by atoms with Crippen molar-refractivity contribution in [2.45, 2.75) is 6.36 Å². The van der Waals surface area contributed by atoms with Crippen LogP contribution < -0.4 is 26.1 Å². The van der Waals surface area contributed by atoms with E-state index in [9.17, 15) is 22.8 Å². The van der Waals surface area contributed by atoms with Crippen molar-refractivity contribution in [2.24, 2.45) is 0 Å². The van der Waals surface area contributed by atoms with Gasteiger partial charge in [-0.2, -0.15) is 0 Å². The summed E-state index contributed by atoms with van der Waals surface area (Å²) in [6, 6.07) is 12.1. The van der Waals surface area contributed by atoms with Crippen LogP contribution in [0.4, 0.5) is 40.8 Å². The zero-order valence-electron chi connectivity index (χ0n) is 16.6. The number of hydrogen-bond acceptors (Lipinski definition) is 6. The topological polar surface area (TPSA) is 121 Å². The first-order chi connectivity index (χ1) is 15.8. The van der Waals surface area contributed by atoms with Crippen LogP contribution in [0.15, 0.2) is 71.9 Å². The predicted octanol–water partition coefficient (Wildman–Crippen LogP) is 4.60. The Balaban J connectivity index is 1.41. The number of ether oxygens (including phenoxy) is 1. The van der Waals surface area contributed by atoms with Crippen LogP contribution in [-0.2, 0) is 0 Å². The lowest BCUT2D eigenvalue weighted by Gasteiger charge is -2.12. The minimum Gasteiger partial charge on any atom is -0.406 e. The van der Waals surface area contributed by atoms with E-state index in [4.69, 9.17) is 0 Å². The monoisotopic (exact) mass is 456 g/mol. The van der Waals surface area contributed by atoms with Gasteiger partial charge in [-0.05, 0) is 36.4 Å². The minimum atomic E-state index is -4.83. The lowest BCUT2D eigenvalue weighted by atomic mass is 10.2. The molecule has 0 unspecified atom stereocenters.